The number of benzene rings is 1. The molecule has 0 bridgehead atoms. The van der Waals surface area contributed by atoms with E-state index in [4.69, 9.17) is 11.6 Å². The number of allylic oxidation sites excluding steroid dienone is 2. The predicted molar refractivity (Wildman–Crippen MR) is 88.3 cm³/mol. The lowest BCUT2D eigenvalue weighted by Crippen LogP contribution is -2.36. The predicted octanol–water partition coefficient (Wildman–Crippen LogP) is 3.59. The van der Waals surface area contributed by atoms with Gasteiger partial charge in [-0.2, -0.15) is 10.1 Å². The van der Waals surface area contributed by atoms with Gasteiger partial charge in [-0.05, 0) is 17.9 Å². The summed E-state index contributed by atoms with van der Waals surface area (Å²) in [6.07, 6.45) is 2.83. The van der Waals surface area contributed by atoms with Crippen molar-refractivity contribution in [3.05, 3.63) is 52.4 Å². The van der Waals surface area contributed by atoms with Crippen LogP contribution in [0.2, 0.25) is 5.02 Å². The van der Waals surface area contributed by atoms with Crippen molar-refractivity contribution in [2.24, 2.45) is 5.41 Å². The molecule has 23 heavy (non-hydrogen) atoms. The molecule has 0 amide bonds. The van der Waals surface area contributed by atoms with E-state index in [9.17, 15) is 4.79 Å². The maximum atomic E-state index is 12.9. The minimum atomic E-state index is -0.318. The number of hydrogen-bond donors (Lipinski definition) is 1. The maximum Gasteiger partial charge on any atom is 0.226 e. The average Bonchev–Trinajstić information content (AvgIpc) is 2.92. The van der Waals surface area contributed by atoms with Crippen LogP contribution >= 0.6 is 11.6 Å². The van der Waals surface area contributed by atoms with Gasteiger partial charge in [-0.3, -0.25) is 4.79 Å². The van der Waals surface area contributed by atoms with E-state index >= 15 is 0 Å². The molecule has 1 N–H and O–H groups in total. The second-order valence-electron chi connectivity index (χ2n) is 6.91. The zero-order valence-corrected chi connectivity index (χ0v) is 13.8. The number of ketones is 1. The Balaban J connectivity index is 1.94. The Morgan fingerprint density at radius 1 is 1.30 bits per heavy atom. The number of carbonyl (C=O) groups excluding carboxylic acids is 1. The van der Waals surface area contributed by atoms with Gasteiger partial charge in [-0.1, -0.05) is 43.6 Å². The van der Waals surface area contributed by atoms with Gasteiger partial charge in [0.25, 0.3) is 0 Å². The molecule has 1 aliphatic carbocycles. The normalized spacial score (nSPS) is 22.4. The van der Waals surface area contributed by atoms with Gasteiger partial charge in [0.05, 0.1) is 0 Å². The Morgan fingerprint density at radius 3 is 2.87 bits per heavy atom. The number of aromatic nitrogens is 3. The third kappa shape index (κ3) is 2.27. The topological polar surface area (TPSA) is 59.8 Å². The molecule has 118 valence electrons. The Kier molecular flexibility index (Phi) is 3.10. The first-order valence-electron chi connectivity index (χ1n) is 7.63. The number of rotatable bonds is 1. The Bertz CT molecular complexity index is 837. The van der Waals surface area contributed by atoms with Crippen molar-refractivity contribution < 1.29 is 4.79 Å². The third-order valence-corrected chi connectivity index (χ3v) is 4.82. The van der Waals surface area contributed by atoms with Crippen LogP contribution in [-0.2, 0) is 4.79 Å². The number of Topliss-reactive ketones (excluding diaryl/α,β-unsaturated/α-hetero) is 1. The van der Waals surface area contributed by atoms with Gasteiger partial charge in [-0.15, -0.1) is 0 Å². The number of halogens is 1. The summed E-state index contributed by atoms with van der Waals surface area (Å²) in [6.45, 7) is 4.22. The van der Waals surface area contributed by atoms with Gasteiger partial charge in [0.2, 0.25) is 5.95 Å². The van der Waals surface area contributed by atoms with Crippen LogP contribution in [0.15, 0.2) is 41.9 Å². The van der Waals surface area contributed by atoms with Crippen molar-refractivity contribution in [3.8, 4) is 0 Å². The van der Waals surface area contributed by atoms with E-state index in [1.165, 1.54) is 6.33 Å². The molecule has 1 atom stereocenters. The molecule has 0 saturated heterocycles. The first kappa shape index (κ1) is 14.5. The molecule has 0 spiro atoms. The lowest BCUT2D eigenvalue weighted by atomic mass is 9.73. The summed E-state index contributed by atoms with van der Waals surface area (Å²) in [5.74, 6) is 0.800. The minimum Gasteiger partial charge on any atom is -0.328 e. The van der Waals surface area contributed by atoms with E-state index in [-0.39, 0.29) is 17.2 Å². The fourth-order valence-electron chi connectivity index (χ4n) is 3.53. The molecule has 1 aromatic heterocycles. The van der Waals surface area contributed by atoms with Crippen molar-refractivity contribution in [2.45, 2.75) is 32.7 Å². The third-order valence-electron chi connectivity index (χ3n) is 4.47. The minimum absolute atomic E-state index is 0.0594. The van der Waals surface area contributed by atoms with E-state index in [0.717, 1.165) is 23.3 Å². The molecular weight excluding hydrogens is 312 g/mol. The monoisotopic (exact) mass is 328 g/mol. The van der Waals surface area contributed by atoms with Gasteiger partial charge in [0, 0.05) is 28.3 Å². The smallest absolute Gasteiger partial charge is 0.226 e. The molecular formula is C17H17ClN4O. The summed E-state index contributed by atoms with van der Waals surface area (Å²) in [5.41, 5.74) is 2.52. The van der Waals surface area contributed by atoms with E-state index in [2.05, 4.69) is 29.2 Å². The van der Waals surface area contributed by atoms with Crippen molar-refractivity contribution in [3.63, 3.8) is 0 Å². The second-order valence-corrected chi connectivity index (χ2v) is 7.32. The molecule has 1 aliphatic heterocycles. The summed E-state index contributed by atoms with van der Waals surface area (Å²) in [7, 11) is 0. The highest BCUT2D eigenvalue weighted by molar-refractivity contribution is 6.31. The zero-order chi connectivity index (χ0) is 16.2. The number of carbonyl (C=O) groups is 1. The number of nitrogens with one attached hydrogen (secondary N) is 1. The summed E-state index contributed by atoms with van der Waals surface area (Å²) in [4.78, 5) is 17.1. The summed E-state index contributed by atoms with van der Waals surface area (Å²) < 4.78 is 1.75. The van der Waals surface area contributed by atoms with Gasteiger partial charge in [0.1, 0.15) is 12.4 Å². The Hall–Kier alpha value is -2.14. The number of hydrogen-bond acceptors (Lipinski definition) is 4. The number of nitrogens with zero attached hydrogens (tertiary/aromatic N) is 3. The lowest BCUT2D eigenvalue weighted by Gasteiger charge is -2.38. The van der Waals surface area contributed by atoms with Crippen LogP contribution in [0.3, 0.4) is 0 Å². The fourth-order valence-corrected chi connectivity index (χ4v) is 3.77. The second kappa shape index (κ2) is 4.93. The Labute approximate surface area is 139 Å². The molecule has 0 saturated carbocycles. The fraction of sp³-hybridized carbons (Fsp3) is 0.353. The number of anilines is 1. The van der Waals surface area contributed by atoms with E-state index in [1.807, 2.05) is 24.3 Å². The van der Waals surface area contributed by atoms with Crippen LogP contribution in [0.1, 0.15) is 38.3 Å². The molecule has 0 radical (unpaired) electrons. The van der Waals surface area contributed by atoms with Gasteiger partial charge >= 0.3 is 0 Å². The molecule has 6 heteroatoms. The van der Waals surface area contributed by atoms with Crippen molar-refractivity contribution in [1.82, 2.24) is 14.8 Å². The molecule has 1 aromatic carbocycles. The maximum absolute atomic E-state index is 12.9. The van der Waals surface area contributed by atoms with E-state index < -0.39 is 0 Å². The molecule has 2 aliphatic rings. The standard InChI is InChI=1S/C17H17ClN4O/c1-17(2)7-12-14(13(23)8-17)15(10-5-3-4-6-11(10)18)22-16(21-12)19-9-20-22/h3-6,9,15H,7-8H2,1-2H3,(H,19,20,21)/t15-/m1/s1. The highest BCUT2D eigenvalue weighted by Crippen LogP contribution is 2.46. The molecule has 0 unspecified atom stereocenters. The molecule has 4 rings (SSSR count). The number of fused-ring (bicyclic) bond motifs is 1. The van der Waals surface area contributed by atoms with Crippen molar-refractivity contribution >= 4 is 23.3 Å². The SMILES string of the molecule is CC1(C)CC(=O)C2=C(C1)Nc1ncnn1[C@@H]2c1ccccc1Cl. The molecule has 5 nitrogen and oxygen atoms in total. The average molecular weight is 329 g/mol. The van der Waals surface area contributed by atoms with E-state index in [0.29, 0.717) is 17.4 Å². The van der Waals surface area contributed by atoms with E-state index in [1.54, 1.807) is 4.68 Å². The van der Waals surface area contributed by atoms with Gasteiger partial charge < -0.3 is 5.32 Å². The Morgan fingerprint density at radius 2 is 2.09 bits per heavy atom. The van der Waals surface area contributed by atoms with Gasteiger partial charge in [0.15, 0.2) is 5.78 Å². The quantitative estimate of drug-likeness (QED) is 0.869. The van der Waals surface area contributed by atoms with Gasteiger partial charge in [-0.25, -0.2) is 4.68 Å². The van der Waals surface area contributed by atoms with Crippen LogP contribution in [0.25, 0.3) is 0 Å². The van der Waals surface area contributed by atoms with Crippen molar-refractivity contribution in [1.29, 1.82) is 0 Å². The van der Waals surface area contributed by atoms with Crippen LogP contribution in [-0.4, -0.2) is 20.5 Å². The summed E-state index contributed by atoms with van der Waals surface area (Å²) in [6, 6.07) is 7.28. The first-order valence-corrected chi connectivity index (χ1v) is 8.01. The van der Waals surface area contributed by atoms with Crippen LogP contribution in [0.5, 0.6) is 0 Å². The van der Waals surface area contributed by atoms with Crippen molar-refractivity contribution in [2.75, 3.05) is 5.32 Å². The largest absolute Gasteiger partial charge is 0.328 e. The zero-order valence-electron chi connectivity index (χ0n) is 13.0. The lowest BCUT2D eigenvalue weighted by molar-refractivity contribution is -0.118. The van der Waals surface area contributed by atoms with Crippen LogP contribution in [0.4, 0.5) is 5.95 Å². The molecule has 2 heterocycles. The summed E-state index contributed by atoms with van der Waals surface area (Å²) in [5, 5.41) is 8.23. The first-order chi connectivity index (χ1) is 11.0. The van der Waals surface area contributed by atoms with Crippen LogP contribution in [0, 0.1) is 5.41 Å². The van der Waals surface area contributed by atoms with Crippen LogP contribution < -0.4 is 5.32 Å². The highest BCUT2D eigenvalue weighted by atomic mass is 35.5. The highest BCUT2D eigenvalue weighted by Gasteiger charge is 2.41. The molecule has 0 fully saturated rings. The molecule has 2 aromatic rings. The summed E-state index contributed by atoms with van der Waals surface area (Å²) >= 11 is 6.41.